The summed E-state index contributed by atoms with van der Waals surface area (Å²) in [5.41, 5.74) is 2.24. The number of hydrogen-bond donors (Lipinski definition) is 2. The topological polar surface area (TPSA) is 50.1 Å². The lowest BCUT2D eigenvalue weighted by molar-refractivity contribution is 0.181. The second-order valence-corrected chi connectivity index (χ2v) is 4.80. The molecule has 4 nitrogen and oxygen atoms in total. The zero-order valence-corrected chi connectivity index (χ0v) is 11.3. The summed E-state index contributed by atoms with van der Waals surface area (Å²) < 4.78 is 1.88. The van der Waals surface area contributed by atoms with Crippen LogP contribution in [0.2, 0.25) is 0 Å². The first kappa shape index (κ1) is 13.8. The van der Waals surface area contributed by atoms with Gasteiger partial charge in [-0.2, -0.15) is 5.10 Å². The molecule has 2 N–H and O–H groups in total. The summed E-state index contributed by atoms with van der Waals surface area (Å²) in [7, 11) is 0. The first-order chi connectivity index (χ1) is 9.25. The molecule has 0 saturated heterocycles. The van der Waals surface area contributed by atoms with Gasteiger partial charge >= 0.3 is 0 Å². The molecule has 0 aliphatic heterocycles. The van der Waals surface area contributed by atoms with Crippen LogP contribution in [0, 0.1) is 0 Å². The minimum absolute atomic E-state index is 0.206. The van der Waals surface area contributed by atoms with Gasteiger partial charge in [-0.25, -0.2) is 4.68 Å². The van der Waals surface area contributed by atoms with Gasteiger partial charge in [-0.15, -0.1) is 0 Å². The van der Waals surface area contributed by atoms with Gasteiger partial charge in [0.05, 0.1) is 18.0 Å². The Kier molecular flexibility index (Phi) is 5.12. The molecule has 102 valence electrons. The van der Waals surface area contributed by atoms with E-state index in [1.165, 1.54) is 5.56 Å². The number of nitrogens with one attached hydrogen (secondary N) is 1. The Morgan fingerprint density at radius 3 is 2.84 bits per heavy atom. The Morgan fingerprint density at radius 1 is 1.32 bits per heavy atom. The highest BCUT2D eigenvalue weighted by Crippen LogP contribution is 2.07. The smallest absolute Gasteiger partial charge is 0.0645 e. The summed E-state index contributed by atoms with van der Waals surface area (Å²) in [5.74, 6) is 0. The van der Waals surface area contributed by atoms with Crippen molar-refractivity contribution in [3.05, 3.63) is 48.3 Å². The fourth-order valence-electron chi connectivity index (χ4n) is 1.93. The number of aromatic nitrogens is 2. The van der Waals surface area contributed by atoms with Gasteiger partial charge in [0.2, 0.25) is 0 Å². The van der Waals surface area contributed by atoms with E-state index < -0.39 is 0 Å². The molecule has 4 heteroatoms. The molecule has 0 fully saturated rings. The maximum Gasteiger partial charge on any atom is 0.0645 e. The third-order valence-electron chi connectivity index (χ3n) is 2.96. The molecule has 0 amide bonds. The molecule has 1 heterocycles. The van der Waals surface area contributed by atoms with Crippen LogP contribution in [0.4, 0.5) is 0 Å². The van der Waals surface area contributed by atoms with E-state index in [2.05, 4.69) is 10.4 Å². The van der Waals surface area contributed by atoms with E-state index in [0.29, 0.717) is 0 Å². The standard InChI is InChI=1S/C15H21N3O/c1-13(19)6-5-9-16-10-14-11-17-18(12-14)15-7-3-2-4-8-15/h2-4,7-8,11-13,16,19H,5-6,9-10H2,1H3. The van der Waals surface area contributed by atoms with E-state index in [1.54, 1.807) is 0 Å². The van der Waals surface area contributed by atoms with Crippen LogP contribution in [0.5, 0.6) is 0 Å². The maximum atomic E-state index is 9.16. The molecule has 19 heavy (non-hydrogen) atoms. The largest absolute Gasteiger partial charge is 0.393 e. The number of benzene rings is 1. The summed E-state index contributed by atoms with van der Waals surface area (Å²) in [4.78, 5) is 0. The fraction of sp³-hybridized carbons (Fsp3) is 0.400. The summed E-state index contributed by atoms with van der Waals surface area (Å²) in [5, 5.41) is 16.9. The minimum atomic E-state index is -0.206. The Hall–Kier alpha value is -1.65. The zero-order chi connectivity index (χ0) is 13.5. The van der Waals surface area contributed by atoms with Gasteiger partial charge in [0.1, 0.15) is 0 Å². The van der Waals surface area contributed by atoms with Crippen LogP contribution in [0.15, 0.2) is 42.7 Å². The average Bonchev–Trinajstić information content (AvgIpc) is 2.88. The van der Waals surface area contributed by atoms with Crippen molar-refractivity contribution in [2.75, 3.05) is 6.54 Å². The van der Waals surface area contributed by atoms with Crippen LogP contribution in [0.3, 0.4) is 0 Å². The van der Waals surface area contributed by atoms with E-state index >= 15 is 0 Å². The number of aliphatic hydroxyl groups excluding tert-OH is 1. The second-order valence-electron chi connectivity index (χ2n) is 4.80. The second kappa shape index (κ2) is 7.07. The summed E-state index contributed by atoms with van der Waals surface area (Å²) in [6.07, 6.45) is 5.55. The van der Waals surface area contributed by atoms with Crippen molar-refractivity contribution in [2.45, 2.75) is 32.4 Å². The number of rotatable bonds is 7. The molecule has 0 spiro atoms. The third-order valence-corrected chi connectivity index (χ3v) is 2.96. The highest BCUT2D eigenvalue weighted by Gasteiger charge is 2.00. The van der Waals surface area contributed by atoms with Crippen molar-refractivity contribution in [1.82, 2.24) is 15.1 Å². The quantitative estimate of drug-likeness (QED) is 0.749. The number of nitrogens with zero attached hydrogens (tertiary/aromatic N) is 2. The van der Waals surface area contributed by atoms with Gasteiger partial charge in [0, 0.05) is 18.3 Å². The van der Waals surface area contributed by atoms with Crippen molar-refractivity contribution in [3.8, 4) is 5.69 Å². The normalized spacial score (nSPS) is 12.5. The van der Waals surface area contributed by atoms with Crippen LogP contribution in [0.25, 0.3) is 5.69 Å². The Labute approximate surface area is 114 Å². The molecular weight excluding hydrogens is 238 g/mol. The molecule has 1 aromatic heterocycles. The monoisotopic (exact) mass is 259 g/mol. The molecule has 0 saturated carbocycles. The highest BCUT2D eigenvalue weighted by atomic mass is 16.3. The van der Waals surface area contributed by atoms with E-state index in [-0.39, 0.29) is 6.10 Å². The molecule has 2 aromatic rings. The van der Waals surface area contributed by atoms with Crippen molar-refractivity contribution in [3.63, 3.8) is 0 Å². The average molecular weight is 259 g/mol. The third kappa shape index (κ3) is 4.50. The number of hydrogen-bond acceptors (Lipinski definition) is 3. The van der Waals surface area contributed by atoms with Crippen molar-refractivity contribution in [1.29, 1.82) is 0 Å². The maximum absolute atomic E-state index is 9.16. The Morgan fingerprint density at radius 2 is 2.11 bits per heavy atom. The first-order valence-electron chi connectivity index (χ1n) is 6.73. The van der Waals surface area contributed by atoms with Gasteiger partial charge < -0.3 is 10.4 Å². The van der Waals surface area contributed by atoms with Crippen LogP contribution >= 0.6 is 0 Å². The summed E-state index contributed by atoms with van der Waals surface area (Å²) >= 11 is 0. The van der Waals surface area contributed by atoms with E-state index in [0.717, 1.165) is 31.6 Å². The van der Waals surface area contributed by atoms with E-state index in [4.69, 9.17) is 5.11 Å². The molecular formula is C15H21N3O. The van der Waals surface area contributed by atoms with Crippen molar-refractivity contribution in [2.24, 2.45) is 0 Å². The Bertz CT molecular complexity index is 479. The summed E-state index contributed by atoms with van der Waals surface area (Å²) in [6, 6.07) is 10.1. The van der Waals surface area contributed by atoms with Gasteiger partial charge in [-0.1, -0.05) is 18.2 Å². The first-order valence-corrected chi connectivity index (χ1v) is 6.73. The van der Waals surface area contributed by atoms with Crippen molar-refractivity contribution >= 4 is 0 Å². The molecule has 0 aliphatic rings. The van der Waals surface area contributed by atoms with Crippen molar-refractivity contribution < 1.29 is 5.11 Å². The lowest BCUT2D eigenvalue weighted by Crippen LogP contribution is -2.15. The molecule has 0 aliphatic carbocycles. The number of aliphatic hydroxyl groups is 1. The van der Waals surface area contributed by atoms with Gasteiger partial charge in [-0.05, 0) is 38.4 Å². The van der Waals surface area contributed by atoms with Crippen LogP contribution < -0.4 is 5.32 Å². The predicted octanol–water partition coefficient (Wildman–Crippen LogP) is 2.12. The molecule has 0 radical (unpaired) electrons. The summed E-state index contributed by atoms with van der Waals surface area (Å²) in [6.45, 7) is 3.55. The number of para-hydroxylation sites is 1. The zero-order valence-electron chi connectivity index (χ0n) is 11.3. The van der Waals surface area contributed by atoms with Crippen LogP contribution in [-0.2, 0) is 6.54 Å². The lowest BCUT2D eigenvalue weighted by Gasteiger charge is -2.04. The highest BCUT2D eigenvalue weighted by molar-refractivity contribution is 5.30. The van der Waals surface area contributed by atoms with Gasteiger partial charge in [0.15, 0.2) is 0 Å². The molecule has 2 rings (SSSR count). The molecule has 0 bridgehead atoms. The van der Waals surface area contributed by atoms with Crippen LogP contribution in [0.1, 0.15) is 25.3 Å². The van der Waals surface area contributed by atoms with Gasteiger partial charge in [-0.3, -0.25) is 0 Å². The predicted molar refractivity (Wildman–Crippen MR) is 76.2 cm³/mol. The van der Waals surface area contributed by atoms with Crippen LogP contribution in [-0.4, -0.2) is 27.5 Å². The molecule has 1 aromatic carbocycles. The Balaban J connectivity index is 1.78. The molecule has 1 unspecified atom stereocenters. The fourth-order valence-corrected chi connectivity index (χ4v) is 1.93. The van der Waals surface area contributed by atoms with Gasteiger partial charge in [0.25, 0.3) is 0 Å². The van der Waals surface area contributed by atoms with E-state index in [1.807, 2.05) is 54.3 Å². The van der Waals surface area contributed by atoms with E-state index in [9.17, 15) is 0 Å². The molecule has 1 atom stereocenters. The SMILES string of the molecule is CC(O)CCCNCc1cnn(-c2ccccc2)c1. The minimum Gasteiger partial charge on any atom is -0.393 e. The lowest BCUT2D eigenvalue weighted by atomic mass is 10.2.